The van der Waals surface area contributed by atoms with Gasteiger partial charge in [0, 0.05) is 19.0 Å². The van der Waals surface area contributed by atoms with E-state index in [2.05, 4.69) is 4.74 Å². The highest BCUT2D eigenvalue weighted by Crippen LogP contribution is 2.18. The number of likely N-dealkylation sites (tertiary alicyclic amines) is 1. The highest BCUT2D eigenvalue weighted by Gasteiger charge is 2.31. The predicted octanol–water partition coefficient (Wildman–Crippen LogP) is 0.509. The number of ether oxygens (including phenoxy) is 1. The average molecular weight is 229 g/mol. The number of nitrogens with zero attached hydrogens (tertiary/aromatic N) is 1. The third kappa shape index (κ3) is 3.22. The molecular formula is C10H15NO5. The van der Waals surface area contributed by atoms with Gasteiger partial charge in [-0.25, -0.2) is 4.79 Å². The van der Waals surface area contributed by atoms with Gasteiger partial charge in [-0.3, -0.25) is 9.59 Å². The number of ketones is 1. The summed E-state index contributed by atoms with van der Waals surface area (Å²) in [6.07, 6.45) is -0.789. The van der Waals surface area contributed by atoms with Gasteiger partial charge in [-0.15, -0.1) is 0 Å². The second-order valence-electron chi connectivity index (χ2n) is 3.66. The van der Waals surface area contributed by atoms with Crippen LogP contribution >= 0.6 is 0 Å². The van der Waals surface area contributed by atoms with Crippen LogP contribution in [0.4, 0.5) is 4.79 Å². The van der Waals surface area contributed by atoms with E-state index in [9.17, 15) is 14.4 Å². The summed E-state index contributed by atoms with van der Waals surface area (Å²) in [6.45, 7) is 2.46. The molecule has 16 heavy (non-hydrogen) atoms. The fourth-order valence-electron chi connectivity index (χ4n) is 1.70. The Morgan fingerprint density at radius 3 is 2.62 bits per heavy atom. The van der Waals surface area contributed by atoms with E-state index in [1.54, 1.807) is 6.92 Å². The van der Waals surface area contributed by atoms with Crippen LogP contribution in [0.1, 0.15) is 19.8 Å². The minimum atomic E-state index is -1.02. The lowest BCUT2D eigenvalue weighted by atomic mass is 10.0. The van der Waals surface area contributed by atoms with E-state index < -0.39 is 12.1 Å². The van der Waals surface area contributed by atoms with E-state index >= 15 is 0 Å². The molecule has 0 spiro atoms. The number of carbonyl (C=O) groups is 3. The number of esters is 1. The zero-order chi connectivity index (χ0) is 12.1. The first-order valence-corrected chi connectivity index (χ1v) is 5.20. The van der Waals surface area contributed by atoms with E-state index in [1.807, 2.05) is 0 Å². The molecule has 0 aromatic rings. The number of Topliss-reactive ketones (excluding diaryl/α,β-unsaturated/α-hetero) is 1. The summed E-state index contributed by atoms with van der Waals surface area (Å²) in [7, 11) is 0. The normalized spacial score (nSPS) is 19.6. The second-order valence-corrected chi connectivity index (χ2v) is 3.66. The summed E-state index contributed by atoms with van der Waals surface area (Å²) >= 11 is 0. The lowest BCUT2D eigenvalue weighted by molar-refractivity contribution is -0.146. The van der Waals surface area contributed by atoms with E-state index in [0.717, 1.165) is 0 Å². The fourth-order valence-corrected chi connectivity index (χ4v) is 1.70. The van der Waals surface area contributed by atoms with Crippen molar-refractivity contribution in [1.29, 1.82) is 0 Å². The molecule has 1 aliphatic rings. The van der Waals surface area contributed by atoms with Crippen molar-refractivity contribution in [2.75, 3.05) is 19.7 Å². The number of hydrogen-bond donors (Lipinski definition) is 1. The first kappa shape index (κ1) is 12.5. The number of rotatable bonds is 4. The molecule has 6 heteroatoms. The summed E-state index contributed by atoms with van der Waals surface area (Å²) < 4.78 is 4.66. The summed E-state index contributed by atoms with van der Waals surface area (Å²) in [5.74, 6) is -1.14. The second kappa shape index (κ2) is 5.48. The van der Waals surface area contributed by atoms with Crippen molar-refractivity contribution in [3.63, 3.8) is 0 Å². The van der Waals surface area contributed by atoms with Gasteiger partial charge in [0.2, 0.25) is 0 Å². The molecule has 1 fully saturated rings. The first-order valence-electron chi connectivity index (χ1n) is 5.20. The number of carboxylic acid groups (broad SMARTS) is 1. The Bertz CT molecular complexity index is 302. The Morgan fingerprint density at radius 1 is 1.44 bits per heavy atom. The van der Waals surface area contributed by atoms with Crippen molar-refractivity contribution >= 4 is 17.8 Å². The molecule has 1 N–H and O–H groups in total. The molecule has 1 atom stereocenters. The molecule has 0 bridgehead atoms. The summed E-state index contributed by atoms with van der Waals surface area (Å²) in [5, 5.41) is 8.70. The largest absolute Gasteiger partial charge is 0.466 e. The van der Waals surface area contributed by atoms with Crippen LogP contribution in [-0.2, 0) is 14.3 Å². The quantitative estimate of drug-likeness (QED) is 0.560. The summed E-state index contributed by atoms with van der Waals surface area (Å²) in [6, 6.07) is 0. The van der Waals surface area contributed by atoms with Crippen molar-refractivity contribution in [3.05, 3.63) is 0 Å². The average Bonchev–Trinajstić information content (AvgIpc) is 2.66. The maximum Gasteiger partial charge on any atom is 0.407 e. The number of carbonyl (C=O) groups excluding carboxylic acids is 2. The molecule has 0 aliphatic carbocycles. The Balaban J connectivity index is 2.39. The monoisotopic (exact) mass is 229 g/mol. The number of amides is 1. The van der Waals surface area contributed by atoms with Crippen LogP contribution < -0.4 is 0 Å². The fraction of sp³-hybridized carbons (Fsp3) is 0.700. The topological polar surface area (TPSA) is 83.9 Å². The minimum absolute atomic E-state index is 0.188. The molecule has 6 nitrogen and oxygen atoms in total. The van der Waals surface area contributed by atoms with E-state index in [1.165, 1.54) is 4.90 Å². The highest BCUT2D eigenvalue weighted by molar-refractivity contribution is 5.97. The Morgan fingerprint density at radius 2 is 2.12 bits per heavy atom. The highest BCUT2D eigenvalue weighted by atomic mass is 16.5. The van der Waals surface area contributed by atoms with Gasteiger partial charge in [-0.05, 0) is 13.3 Å². The zero-order valence-electron chi connectivity index (χ0n) is 9.14. The molecule has 0 saturated carbocycles. The van der Waals surface area contributed by atoms with Gasteiger partial charge in [-0.1, -0.05) is 0 Å². The molecule has 1 aliphatic heterocycles. The summed E-state index contributed by atoms with van der Waals surface area (Å²) in [4.78, 5) is 34.4. The lowest BCUT2D eigenvalue weighted by Crippen LogP contribution is -2.28. The molecule has 1 unspecified atom stereocenters. The first-order chi connectivity index (χ1) is 7.54. The SMILES string of the molecule is CCOC(=O)CC(=O)C1CCN(C(=O)O)C1. The van der Waals surface area contributed by atoms with Gasteiger partial charge in [0.05, 0.1) is 6.61 Å². The predicted molar refractivity (Wildman–Crippen MR) is 54.0 cm³/mol. The van der Waals surface area contributed by atoms with Crippen LogP contribution in [0, 0.1) is 5.92 Å². The van der Waals surface area contributed by atoms with Crippen molar-refractivity contribution < 1.29 is 24.2 Å². The van der Waals surface area contributed by atoms with Crippen LogP contribution in [0.5, 0.6) is 0 Å². The zero-order valence-corrected chi connectivity index (χ0v) is 9.14. The van der Waals surface area contributed by atoms with Gasteiger partial charge in [0.25, 0.3) is 0 Å². The maximum atomic E-state index is 11.6. The number of hydrogen-bond acceptors (Lipinski definition) is 4. The van der Waals surface area contributed by atoms with E-state index in [0.29, 0.717) is 13.0 Å². The van der Waals surface area contributed by atoms with Crippen molar-refractivity contribution in [2.24, 2.45) is 5.92 Å². The molecule has 0 radical (unpaired) electrons. The Hall–Kier alpha value is -1.59. The van der Waals surface area contributed by atoms with Crippen LogP contribution in [0.3, 0.4) is 0 Å². The maximum absolute atomic E-state index is 11.6. The van der Waals surface area contributed by atoms with Crippen molar-refractivity contribution in [3.8, 4) is 0 Å². The lowest BCUT2D eigenvalue weighted by Gasteiger charge is -2.11. The molecule has 0 aromatic heterocycles. The van der Waals surface area contributed by atoms with Crippen LogP contribution in [0.25, 0.3) is 0 Å². The van der Waals surface area contributed by atoms with Crippen molar-refractivity contribution in [2.45, 2.75) is 19.8 Å². The molecule has 1 rings (SSSR count). The Labute approximate surface area is 93.2 Å². The van der Waals surface area contributed by atoms with E-state index in [4.69, 9.17) is 5.11 Å². The van der Waals surface area contributed by atoms with Crippen LogP contribution in [0.15, 0.2) is 0 Å². The Kier molecular flexibility index (Phi) is 4.28. The minimum Gasteiger partial charge on any atom is -0.466 e. The standard InChI is InChI=1S/C10H15NO5/c1-2-16-9(13)5-8(12)7-3-4-11(6-7)10(14)15/h7H,2-6H2,1H3,(H,14,15). The van der Waals surface area contributed by atoms with Crippen molar-refractivity contribution in [1.82, 2.24) is 4.90 Å². The van der Waals surface area contributed by atoms with Gasteiger partial charge >= 0.3 is 12.1 Å². The summed E-state index contributed by atoms with van der Waals surface area (Å²) in [5.41, 5.74) is 0. The van der Waals surface area contributed by atoms with E-state index in [-0.39, 0.29) is 31.3 Å². The van der Waals surface area contributed by atoms with Gasteiger partial charge in [0.15, 0.2) is 0 Å². The molecule has 0 aromatic carbocycles. The molecule has 1 amide bonds. The smallest absolute Gasteiger partial charge is 0.407 e. The molecular weight excluding hydrogens is 214 g/mol. The molecule has 1 heterocycles. The third-order valence-electron chi connectivity index (χ3n) is 2.54. The van der Waals surface area contributed by atoms with Crippen LogP contribution in [0.2, 0.25) is 0 Å². The third-order valence-corrected chi connectivity index (χ3v) is 2.54. The van der Waals surface area contributed by atoms with Gasteiger partial charge < -0.3 is 14.7 Å². The van der Waals surface area contributed by atoms with Crippen LogP contribution in [-0.4, -0.2) is 47.5 Å². The van der Waals surface area contributed by atoms with Gasteiger partial charge in [-0.2, -0.15) is 0 Å². The molecule has 90 valence electrons. The van der Waals surface area contributed by atoms with Gasteiger partial charge in [0.1, 0.15) is 12.2 Å². The molecule has 1 saturated heterocycles.